The highest BCUT2D eigenvalue weighted by molar-refractivity contribution is 7.13. The molecule has 2 heterocycles. The van der Waals surface area contributed by atoms with E-state index < -0.39 is 0 Å². The van der Waals surface area contributed by atoms with Gasteiger partial charge in [0.15, 0.2) is 5.13 Å². The largest absolute Gasteiger partial charge is 0.508 e. The summed E-state index contributed by atoms with van der Waals surface area (Å²) in [6.07, 6.45) is 3.65. The van der Waals surface area contributed by atoms with Crippen molar-refractivity contribution >= 4 is 22.5 Å². The molecule has 1 fully saturated rings. The van der Waals surface area contributed by atoms with Gasteiger partial charge in [0.1, 0.15) is 5.75 Å². The zero-order valence-electron chi connectivity index (χ0n) is 12.6. The van der Waals surface area contributed by atoms with Gasteiger partial charge >= 0.3 is 6.03 Å². The molecule has 2 aromatic rings. The average Bonchev–Trinajstić information content (AvgIpc) is 3.22. The molecular formula is C16H19N3O3S. The number of para-hydroxylation sites is 1. The lowest BCUT2D eigenvalue weighted by Crippen LogP contribution is -2.39. The number of nitrogens with one attached hydrogen (secondary N) is 1. The van der Waals surface area contributed by atoms with E-state index in [1.54, 1.807) is 23.2 Å². The van der Waals surface area contributed by atoms with Crippen molar-refractivity contribution in [2.45, 2.75) is 25.5 Å². The van der Waals surface area contributed by atoms with E-state index in [9.17, 15) is 9.90 Å². The van der Waals surface area contributed by atoms with Gasteiger partial charge in [0.2, 0.25) is 0 Å². The number of rotatable bonds is 5. The highest BCUT2D eigenvalue weighted by atomic mass is 32.1. The number of ether oxygens (including phenoxy) is 1. The standard InChI is InChI=1S/C16H19N3O3S/c20-14-6-2-1-4-12(14)10-19(11-13-5-3-8-22-13)16(21)18-15-17-7-9-23-15/h1-2,4,6-7,9,13,20H,3,5,8,10-11H2,(H,17,18,21)/t13-/m1/s1. The molecule has 1 aromatic carbocycles. The van der Waals surface area contributed by atoms with Crippen LogP contribution in [0.1, 0.15) is 18.4 Å². The minimum Gasteiger partial charge on any atom is -0.508 e. The van der Waals surface area contributed by atoms with Crippen LogP contribution in [0.15, 0.2) is 35.8 Å². The lowest BCUT2D eigenvalue weighted by Gasteiger charge is -2.25. The Balaban J connectivity index is 1.72. The Hall–Kier alpha value is -2.12. The molecule has 7 heteroatoms. The predicted molar refractivity (Wildman–Crippen MR) is 88.6 cm³/mol. The molecule has 2 amide bonds. The molecule has 1 saturated heterocycles. The van der Waals surface area contributed by atoms with E-state index in [1.165, 1.54) is 11.3 Å². The molecule has 2 N–H and O–H groups in total. The van der Waals surface area contributed by atoms with Crippen LogP contribution in [0.4, 0.5) is 9.93 Å². The van der Waals surface area contributed by atoms with Gasteiger partial charge in [-0.15, -0.1) is 11.3 Å². The third-order valence-electron chi connectivity index (χ3n) is 3.73. The van der Waals surface area contributed by atoms with Crippen LogP contribution < -0.4 is 5.32 Å². The second-order valence-corrected chi connectivity index (χ2v) is 6.31. The lowest BCUT2D eigenvalue weighted by molar-refractivity contribution is 0.0817. The molecule has 122 valence electrons. The number of aromatic hydroxyl groups is 1. The third kappa shape index (κ3) is 4.20. The van der Waals surface area contributed by atoms with E-state index >= 15 is 0 Å². The topological polar surface area (TPSA) is 74.7 Å². The molecule has 1 aromatic heterocycles. The van der Waals surface area contributed by atoms with E-state index in [0.717, 1.165) is 19.4 Å². The van der Waals surface area contributed by atoms with Crippen molar-refractivity contribution in [3.63, 3.8) is 0 Å². The summed E-state index contributed by atoms with van der Waals surface area (Å²) in [4.78, 5) is 18.3. The smallest absolute Gasteiger partial charge is 0.324 e. The van der Waals surface area contributed by atoms with Crippen LogP contribution in [0.5, 0.6) is 5.75 Å². The number of urea groups is 1. The van der Waals surface area contributed by atoms with Crippen molar-refractivity contribution in [3.05, 3.63) is 41.4 Å². The maximum Gasteiger partial charge on any atom is 0.324 e. The van der Waals surface area contributed by atoms with Crippen LogP contribution in [0, 0.1) is 0 Å². The minimum atomic E-state index is -0.237. The van der Waals surface area contributed by atoms with Crippen LogP contribution in [0.3, 0.4) is 0 Å². The van der Waals surface area contributed by atoms with E-state index in [0.29, 0.717) is 23.8 Å². The maximum atomic E-state index is 12.6. The molecule has 0 unspecified atom stereocenters. The number of anilines is 1. The first-order valence-corrected chi connectivity index (χ1v) is 8.44. The number of hydrogen-bond donors (Lipinski definition) is 2. The summed E-state index contributed by atoms with van der Waals surface area (Å²) in [5, 5.41) is 15.1. The number of benzene rings is 1. The summed E-state index contributed by atoms with van der Waals surface area (Å²) in [5.41, 5.74) is 0.708. The first-order valence-electron chi connectivity index (χ1n) is 7.56. The number of carbonyl (C=O) groups excluding carboxylic acids is 1. The molecule has 1 aliphatic rings. The molecule has 6 nitrogen and oxygen atoms in total. The fraction of sp³-hybridized carbons (Fsp3) is 0.375. The van der Waals surface area contributed by atoms with Crippen LogP contribution >= 0.6 is 11.3 Å². The van der Waals surface area contributed by atoms with Crippen molar-refractivity contribution in [2.24, 2.45) is 0 Å². The van der Waals surface area contributed by atoms with Crippen molar-refractivity contribution in [1.82, 2.24) is 9.88 Å². The molecule has 1 atom stereocenters. The van der Waals surface area contributed by atoms with Gasteiger partial charge in [-0.05, 0) is 18.9 Å². The Morgan fingerprint density at radius 1 is 1.48 bits per heavy atom. The van der Waals surface area contributed by atoms with E-state index in [1.807, 2.05) is 17.5 Å². The average molecular weight is 333 g/mol. The molecule has 0 radical (unpaired) electrons. The lowest BCUT2D eigenvalue weighted by atomic mass is 10.1. The quantitative estimate of drug-likeness (QED) is 0.882. The predicted octanol–water partition coefficient (Wildman–Crippen LogP) is 3.06. The van der Waals surface area contributed by atoms with Crippen molar-refractivity contribution in [1.29, 1.82) is 0 Å². The van der Waals surface area contributed by atoms with Crippen molar-refractivity contribution in [2.75, 3.05) is 18.5 Å². The molecule has 0 aliphatic carbocycles. The number of nitrogens with zero attached hydrogens (tertiary/aromatic N) is 2. The third-order valence-corrected chi connectivity index (χ3v) is 4.42. The molecule has 0 bridgehead atoms. The summed E-state index contributed by atoms with van der Waals surface area (Å²) in [5.74, 6) is 0.187. The summed E-state index contributed by atoms with van der Waals surface area (Å²) < 4.78 is 5.64. The summed E-state index contributed by atoms with van der Waals surface area (Å²) in [6.45, 7) is 1.55. The Morgan fingerprint density at radius 2 is 2.35 bits per heavy atom. The molecule has 3 rings (SSSR count). The Labute approximate surface area is 138 Å². The fourth-order valence-corrected chi connectivity index (χ4v) is 3.08. The van der Waals surface area contributed by atoms with Crippen LogP contribution in [0.25, 0.3) is 0 Å². The monoisotopic (exact) mass is 333 g/mol. The van der Waals surface area contributed by atoms with Crippen LogP contribution in [-0.4, -0.2) is 40.3 Å². The maximum absolute atomic E-state index is 12.6. The second-order valence-electron chi connectivity index (χ2n) is 5.41. The first-order chi connectivity index (χ1) is 11.2. The van der Waals surface area contributed by atoms with Crippen molar-refractivity contribution < 1.29 is 14.6 Å². The number of carbonyl (C=O) groups is 1. The normalized spacial score (nSPS) is 17.1. The molecule has 23 heavy (non-hydrogen) atoms. The van der Waals surface area contributed by atoms with Gasteiger partial charge < -0.3 is 14.7 Å². The van der Waals surface area contributed by atoms with Crippen LogP contribution in [0.2, 0.25) is 0 Å². The highest BCUT2D eigenvalue weighted by Crippen LogP contribution is 2.21. The molecule has 0 spiro atoms. The SMILES string of the molecule is O=C(Nc1nccs1)N(Cc1ccccc1O)C[C@H]1CCCO1. The minimum absolute atomic E-state index is 0.0444. The molecular weight excluding hydrogens is 314 g/mol. The first kappa shape index (κ1) is 15.8. The van der Waals surface area contributed by atoms with Gasteiger partial charge in [0.05, 0.1) is 12.6 Å². The number of aromatic nitrogens is 1. The number of hydrogen-bond acceptors (Lipinski definition) is 5. The summed E-state index contributed by atoms with van der Waals surface area (Å²) >= 11 is 1.37. The summed E-state index contributed by atoms with van der Waals surface area (Å²) in [6, 6.07) is 6.81. The van der Waals surface area contributed by atoms with E-state index in [2.05, 4.69) is 10.3 Å². The Morgan fingerprint density at radius 3 is 3.04 bits per heavy atom. The number of phenols is 1. The Bertz CT molecular complexity index is 642. The number of amides is 2. The van der Waals surface area contributed by atoms with Gasteiger partial charge in [-0.1, -0.05) is 18.2 Å². The highest BCUT2D eigenvalue weighted by Gasteiger charge is 2.24. The zero-order valence-corrected chi connectivity index (χ0v) is 13.5. The van der Waals surface area contributed by atoms with E-state index in [-0.39, 0.29) is 17.9 Å². The fourth-order valence-electron chi connectivity index (χ4n) is 2.56. The van der Waals surface area contributed by atoms with Gasteiger partial charge in [0, 0.05) is 30.3 Å². The van der Waals surface area contributed by atoms with Crippen molar-refractivity contribution in [3.8, 4) is 5.75 Å². The number of thiazole rings is 1. The number of phenolic OH excluding ortho intramolecular Hbond substituents is 1. The van der Waals surface area contributed by atoms with Crippen LogP contribution in [-0.2, 0) is 11.3 Å². The van der Waals surface area contributed by atoms with Gasteiger partial charge in [0.25, 0.3) is 0 Å². The van der Waals surface area contributed by atoms with Gasteiger partial charge in [-0.3, -0.25) is 5.32 Å². The zero-order chi connectivity index (χ0) is 16.1. The summed E-state index contributed by atoms with van der Waals surface area (Å²) in [7, 11) is 0. The van der Waals surface area contributed by atoms with Gasteiger partial charge in [-0.2, -0.15) is 0 Å². The molecule has 1 aliphatic heterocycles. The second kappa shape index (κ2) is 7.43. The molecule has 0 saturated carbocycles. The Kier molecular flexibility index (Phi) is 5.09. The van der Waals surface area contributed by atoms with Gasteiger partial charge in [-0.25, -0.2) is 9.78 Å². The van der Waals surface area contributed by atoms with E-state index in [4.69, 9.17) is 4.74 Å².